The maximum absolute atomic E-state index is 4.63. The summed E-state index contributed by atoms with van der Waals surface area (Å²) in [5.41, 5.74) is 3.24. The Morgan fingerprint density at radius 1 is 0.808 bits per heavy atom. The molecule has 0 fully saturated rings. The molecule has 0 aliphatic rings. The Kier molecular flexibility index (Phi) is 2.76. The van der Waals surface area contributed by atoms with Crippen LogP contribution < -0.4 is 0 Å². The Balaban J connectivity index is 1.88. The number of benzene rings is 3. The van der Waals surface area contributed by atoms with Crippen molar-refractivity contribution in [3.63, 3.8) is 0 Å². The number of rotatable bonds is 1. The molecule has 0 radical (unpaired) electrons. The van der Waals surface area contributed by atoms with Crippen LogP contribution in [0.25, 0.3) is 47.8 Å². The quantitative estimate of drug-likeness (QED) is 0.367. The van der Waals surface area contributed by atoms with Crippen LogP contribution in [-0.2, 0) is 0 Å². The van der Waals surface area contributed by atoms with E-state index in [9.17, 15) is 0 Å². The molecule has 3 aromatic carbocycles. The zero-order chi connectivity index (χ0) is 17.1. The van der Waals surface area contributed by atoms with Crippen molar-refractivity contribution in [1.29, 1.82) is 0 Å². The minimum Gasteiger partial charge on any atom is -0.297 e. The molecule has 3 aromatic heterocycles. The van der Waals surface area contributed by atoms with Crippen molar-refractivity contribution in [3.8, 4) is 5.69 Å². The zero-order valence-electron chi connectivity index (χ0n) is 13.8. The summed E-state index contributed by atoms with van der Waals surface area (Å²) in [6.07, 6.45) is 3.56. The highest BCUT2D eigenvalue weighted by atomic mass is 32.1. The second-order valence-electron chi connectivity index (χ2n) is 6.37. The molecule has 3 nitrogen and oxygen atoms in total. The van der Waals surface area contributed by atoms with E-state index in [2.05, 4.69) is 81.3 Å². The molecule has 6 aromatic rings. The smallest absolute Gasteiger partial charge is 0.116 e. The molecule has 3 heterocycles. The van der Waals surface area contributed by atoms with E-state index in [-0.39, 0.29) is 0 Å². The molecule has 0 unspecified atom stereocenters. The monoisotopic (exact) mass is 351 g/mol. The fourth-order valence-corrected chi connectivity index (χ4v) is 5.08. The molecule has 0 amide bonds. The lowest BCUT2D eigenvalue weighted by Crippen LogP contribution is -1.94. The van der Waals surface area contributed by atoms with Gasteiger partial charge < -0.3 is 0 Å². The molecule has 0 aliphatic carbocycles. The molecule has 0 atom stereocenters. The van der Waals surface area contributed by atoms with E-state index in [1.165, 1.54) is 36.8 Å². The maximum Gasteiger partial charge on any atom is 0.116 e. The number of hydrogen-bond acceptors (Lipinski definition) is 3. The van der Waals surface area contributed by atoms with Gasteiger partial charge in [-0.25, -0.2) is 9.97 Å². The first-order valence-electron chi connectivity index (χ1n) is 8.51. The van der Waals surface area contributed by atoms with Crippen molar-refractivity contribution in [1.82, 2.24) is 14.5 Å². The Bertz CT molecular complexity index is 1440. The normalized spacial score (nSPS) is 11.8. The lowest BCUT2D eigenvalue weighted by atomic mass is 10.1. The summed E-state index contributed by atoms with van der Waals surface area (Å²) < 4.78 is 3.60. The Morgan fingerprint density at radius 2 is 1.62 bits per heavy atom. The van der Waals surface area contributed by atoms with E-state index in [1.807, 2.05) is 17.5 Å². The third-order valence-corrected chi connectivity index (χ3v) is 6.11. The largest absolute Gasteiger partial charge is 0.297 e. The van der Waals surface area contributed by atoms with Gasteiger partial charge in [-0.05, 0) is 17.5 Å². The minimum absolute atomic E-state index is 1.01. The van der Waals surface area contributed by atoms with E-state index < -0.39 is 0 Å². The van der Waals surface area contributed by atoms with E-state index >= 15 is 0 Å². The van der Waals surface area contributed by atoms with E-state index in [1.54, 1.807) is 6.33 Å². The van der Waals surface area contributed by atoms with Crippen LogP contribution in [0, 0.1) is 0 Å². The molecule has 4 heteroatoms. The van der Waals surface area contributed by atoms with Crippen LogP contribution in [0.4, 0.5) is 0 Å². The summed E-state index contributed by atoms with van der Waals surface area (Å²) in [5, 5.41) is 4.94. The van der Waals surface area contributed by atoms with E-state index in [4.69, 9.17) is 0 Å². The molecule has 0 spiro atoms. The van der Waals surface area contributed by atoms with Gasteiger partial charge in [0.05, 0.1) is 17.4 Å². The summed E-state index contributed by atoms with van der Waals surface area (Å²) in [5.74, 6) is 0. The molecule has 122 valence electrons. The van der Waals surface area contributed by atoms with Crippen LogP contribution in [-0.4, -0.2) is 14.5 Å². The van der Waals surface area contributed by atoms with Gasteiger partial charge in [-0.1, -0.05) is 54.6 Å². The lowest BCUT2D eigenvalue weighted by molar-refractivity contribution is 1.16. The molecule has 0 N–H and O–H groups in total. The second kappa shape index (κ2) is 5.13. The van der Waals surface area contributed by atoms with E-state index in [0.29, 0.717) is 0 Å². The number of hydrogen-bond donors (Lipinski definition) is 0. The van der Waals surface area contributed by atoms with Crippen molar-refractivity contribution in [2.45, 2.75) is 0 Å². The Morgan fingerprint density at radius 3 is 2.58 bits per heavy atom. The molecule has 0 bridgehead atoms. The molecule has 26 heavy (non-hydrogen) atoms. The van der Waals surface area contributed by atoms with Crippen molar-refractivity contribution in [3.05, 3.63) is 79.3 Å². The zero-order valence-corrected chi connectivity index (χ0v) is 14.6. The molecule has 0 saturated carbocycles. The molecular weight excluding hydrogens is 338 g/mol. The summed E-state index contributed by atoms with van der Waals surface area (Å²) in [4.78, 5) is 10.2. The number of nitrogens with zero attached hydrogens (tertiary/aromatic N) is 3. The Hall–Kier alpha value is -3.24. The third-order valence-electron chi connectivity index (χ3n) is 4.96. The average Bonchev–Trinajstić information content (AvgIpc) is 3.22. The van der Waals surface area contributed by atoms with Gasteiger partial charge in [0.25, 0.3) is 0 Å². The molecule has 6 rings (SSSR count). The summed E-state index contributed by atoms with van der Waals surface area (Å²) in [7, 11) is 0. The van der Waals surface area contributed by atoms with Crippen LogP contribution in [0.2, 0.25) is 0 Å². The highest BCUT2D eigenvalue weighted by Gasteiger charge is 2.19. The highest BCUT2D eigenvalue weighted by molar-refractivity contribution is 7.25. The predicted octanol–water partition coefficient (Wildman–Crippen LogP) is 5.94. The van der Waals surface area contributed by atoms with Gasteiger partial charge in [-0.15, -0.1) is 11.3 Å². The third kappa shape index (κ3) is 1.77. The van der Waals surface area contributed by atoms with Crippen LogP contribution in [0.15, 0.2) is 79.3 Å². The van der Waals surface area contributed by atoms with Crippen LogP contribution >= 0.6 is 11.3 Å². The number of aromatic nitrogens is 3. The van der Waals surface area contributed by atoms with Crippen LogP contribution in [0.1, 0.15) is 0 Å². The predicted molar refractivity (Wildman–Crippen MR) is 109 cm³/mol. The standard InChI is InChI=1S/C22H13N3S/c1-2-8-15-14(6-1)7-5-10-17(15)25-18-12-23-13-24-21(18)20-16-9-3-4-11-19(16)26-22(20)25/h1-13H. The highest BCUT2D eigenvalue weighted by Crippen LogP contribution is 2.42. The van der Waals surface area contributed by atoms with E-state index in [0.717, 1.165) is 11.0 Å². The first-order valence-corrected chi connectivity index (χ1v) is 9.33. The molecule has 0 saturated heterocycles. The summed E-state index contributed by atoms with van der Waals surface area (Å²) >= 11 is 1.81. The average molecular weight is 351 g/mol. The fourth-order valence-electron chi connectivity index (χ4n) is 3.85. The fraction of sp³-hybridized carbons (Fsp3) is 0. The van der Waals surface area contributed by atoms with Gasteiger partial charge >= 0.3 is 0 Å². The second-order valence-corrected chi connectivity index (χ2v) is 7.40. The molecular formula is C22H13N3S. The van der Waals surface area contributed by atoms with Crippen molar-refractivity contribution >= 4 is 53.4 Å². The van der Waals surface area contributed by atoms with Gasteiger partial charge in [0, 0.05) is 20.9 Å². The van der Waals surface area contributed by atoms with Crippen molar-refractivity contribution < 1.29 is 0 Å². The van der Waals surface area contributed by atoms with Gasteiger partial charge in [0.2, 0.25) is 0 Å². The minimum atomic E-state index is 1.01. The summed E-state index contributed by atoms with van der Waals surface area (Å²) in [6, 6.07) is 23.5. The van der Waals surface area contributed by atoms with Gasteiger partial charge in [-0.2, -0.15) is 0 Å². The topological polar surface area (TPSA) is 30.7 Å². The summed E-state index contributed by atoms with van der Waals surface area (Å²) in [6.45, 7) is 0. The van der Waals surface area contributed by atoms with Crippen molar-refractivity contribution in [2.24, 2.45) is 0 Å². The number of fused-ring (bicyclic) bond motifs is 6. The Labute approximate surface area is 153 Å². The first kappa shape index (κ1) is 14.0. The van der Waals surface area contributed by atoms with Crippen LogP contribution in [0.5, 0.6) is 0 Å². The maximum atomic E-state index is 4.63. The van der Waals surface area contributed by atoms with Crippen molar-refractivity contribution in [2.75, 3.05) is 0 Å². The van der Waals surface area contributed by atoms with Gasteiger partial charge in [0.1, 0.15) is 16.7 Å². The lowest BCUT2D eigenvalue weighted by Gasteiger charge is -2.10. The number of thiophene rings is 1. The first-order chi connectivity index (χ1) is 12.9. The SMILES string of the molecule is c1ccc2c(-n3c4cncnc4c4c5ccccc5sc43)cccc2c1. The van der Waals surface area contributed by atoms with Crippen LogP contribution in [0.3, 0.4) is 0 Å². The molecule has 0 aliphatic heterocycles. The van der Waals surface area contributed by atoms with Gasteiger partial charge in [-0.3, -0.25) is 4.57 Å². The van der Waals surface area contributed by atoms with Gasteiger partial charge in [0.15, 0.2) is 0 Å².